The molecular formula is C13H19NO. The SMILES string of the molecule is COCCC1(c2ccccc2C)CNC1. The van der Waals surface area contributed by atoms with Crippen LogP contribution in [0.5, 0.6) is 0 Å². The second kappa shape index (κ2) is 4.33. The summed E-state index contributed by atoms with van der Waals surface area (Å²) in [4.78, 5) is 0. The van der Waals surface area contributed by atoms with Crippen molar-refractivity contribution >= 4 is 0 Å². The van der Waals surface area contributed by atoms with Gasteiger partial charge in [-0.3, -0.25) is 0 Å². The molecule has 0 amide bonds. The van der Waals surface area contributed by atoms with Crippen LogP contribution in [0, 0.1) is 6.92 Å². The number of nitrogens with one attached hydrogen (secondary N) is 1. The lowest BCUT2D eigenvalue weighted by Crippen LogP contribution is -2.57. The Balaban J connectivity index is 2.22. The van der Waals surface area contributed by atoms with Crippen LogP contribution >= 0.6 is 0 Å². The zero-order valence-electron chi connectivity index (χ0n) is 9.55. The molecule has 82 valence electrons. The first-order chi connectivity index (χ1) is 7.28. The van der Waals surface area contributed by atoms with Crippen molar-refractivity contribution in [3.8, 4) is 0 Å². The van der Waals surface area contributed by atoms with Gasteiger partial charge in [0.1, 0.15) is 0 Å². The molecule has 15 heavy (non-hydrogen) atoms. The monoisotopic (exact) mass is 205 g/mol. The number of benzene rings is 1. The van der Waals surface area contributed by atoms with E-state index in [1.807, 2.05) is 0 Å². The molecule has 0 aromatic heterocycles. The Kier molecular flexibility index (Phi) is 3.08. The van der Waals surface area contributed by atoms with Crippen LogP contribution in [0.3, 0.4) is 0 Å². The van der Waals surface area contributed by atoms with Crippen LogP contribution in [0.25, 0.3) is 0 Å². The maximum Gasteiger partial charge on any atom is 0.0471 e. The van der Waals surface area contributed by atoms with E-state index in [1.165, 1.54) is 11.1 Å². The van der Waals surface area contributed by atoms with Crippen LogP contribution in [0.15, 0.2) is 24.3 Å². The Morgan fingerprint density at radius 3 is 2.60 bits per heavy atom. The first-order valence-corrected chi connectivity index (χ1v) is 5.54. The van der Waals surface area contributed by atoms with Crippen LogP contribution in [-0.4, -0.2) is 26.8 Å². The van der Waals surface area contributed by atoms with Crippen molar-refractivity contribution in [3.05, 3.63) is 35.4 Å². The average molecular weight is 205 g/mol. The van der Waals surface area contributed by atoms with E-state index in [9.17, 15) is 0 Å². The van der Waals surface area contributed by atoms with E-state index in [0.29, 0.717) is 5.41 Å². The molecular weight excluding hydrogens is 186 g/mol. The minimum atomic E-state index is 0.321. The van der Waals surface area contributed by atoms with Crippen molar-refractivity contribution < 1.29 is 4.74 Å². The maximum absolute atomic E-state index is 5.21. The second-order valence-corrected chi connectivity index (χ2v) is 4.44. The molecule has 1 aliphatic heterocycles. The lowest BCUT2D eigenvalue weighted by Gasteiger charge is -2.44. The Bertz CT molecular complexity index is 331. The van der Waals surface area contributed by atoms with Gasteiger partial charge in [-0.1, -0.05) is 24.3 Å². The minimum absolute atomic E-state index is 0.321. The fourth-order valence-electron chi connectivity index (χ4n) is 2.39. The highest BCUT2D eigenvalue weighted by Gasteiger charge is 2.38. The van der Waals surface area contributed by atoms with Crippen molar-refractivity contribution in [1.82, 2.24) is 5.32 Å². The molecule has 0 spiro atoms. The molecule has 0 saturated carbocycles. The van der Waals surface area contributed by atoms with Gasteiger partial charge in [0, 0.05) is 32.2 Å². The molecule has 1 fully saturated rings. The van der Waals surface area contributed by atoms with Crippen molar-refractivity contribution in [2.45, 2.75) is 18.8 Å². The molecule has 0 bridgehead atoms. The van der Waals surface area contributed by atoms with E-state index in [4.69, 9.17) is 4.74 Å². The summed E-state index contributed by atoms with van der Waals surface area (Å²) < 4.78 is 5.21. The largest absolute Gasteiger partial charge is 0.385 e. The number of ether oxygens (including phenoxy) is 1. The van der Waals surface area contributed by atoms with Gasteiger partial charge in [0.2, 0.25) is 0 Å². The van der Waals surface area contributed by atoms with Gasteiger partial charge in [-0.2, -0.15) is 0 Å². The number of methoxy groups -OCH3 is 1. The topological polar surface area (TPSA) is 21.3 Å². The summed E-state index contributed by atoms with van der Waals surface area (Å²) in [5, 5.41) is 3.38. The molecule has 1 aromatic rings. The molecule has 2 nitrogen and oxygen atoms in total. The van der Waals surface area contributed by atoms with E-state index < -0.39 is 0 Å². The molecule has 0 aliphatic carbocycles. The number of hydrogen-bond acceptors (Lipinski definition) is 2. The van der Waals surface area contributed by atoms with Crippen LogP contribution in [-0.2, 0) is 10.2 Å². The Labute approximate surface area is 91.6 Å². The highest BCUT2D eigenvalue weighted by atomic mass is 16.5. The van der Waals surface area contributed by atoms with E-state index in [-0.39, 0.29) is 0 Å². The Morgan fingerprint density at radius 2 is 2.07 bits per heavy atom. The smallest absolute Gasteiger partial charge is 0.0471 e. The molecule has 2 heteroatoms. The van der Waals surface area contributed by atoms with Gasteiger partial charge >= 0.3 is 0 Å². The van der Waals surface area contributed by atoms with Gasteiger partial charge in [0.15, 0.2) is 0 Å². The van der Waals surface area contributed by atoms with E-state index in [1.54, 1.807) is 7.11 Å². The molecule has 2 rings (SSSR count). The predicted octanol–water partition coefficient (Wildman–Crippen LogP) is 1.87. The Morgan fingerprint density at radius 1 is 1.33 bits per heavy atom. The fraction of sp³-hybridized carbons (Fsp3) is 0.538. The van der Waals surface area contributed by atoms with Gasteiger partial charge in [0.25, 0.3) is 0 Å². The van der Waals surface area contributed by atoms with Crippen LogP contribution in [0.2, 0.25) is 0 Å². The molecule has 1 aromatic carbocycles. The molecule has 0 unspecified atom stereocenters. The summed E-state index contributed by atoms with van der Waals surface area (Å²) >= 11 is 0. The summed E-state index contributed by atoms with van der Waals surface area (Å²) in [6.45, 7) is 5.21. The zero-order chi connectivity index (χ0) is 10.7. The van der Waals surface area contributed by atoms with Gasteiger partial charge in [0.05, 0.1) is 0 Å². The number of aryl methyl sites for hydroxylation is 1. The molecule has 1 saturated heterocycles. The summed E-state index contributed by atoms with van der Waals surface area (Å²) in [6, 6.07) is 8.69. The standard InChI is InChI=1S/C13H19NO/c1-11-5-3-4-6-12(11)13(7-8-15-2)9-14-10-13/h3-6,14H,7-10H2,1-2H3. The molecule has 0 radical (unpaired) electrons. The van der Waals surface area contributed by atoms with Crippen LogP contribution in [0.4, 0.5) is 0 Å². The van der Waals surface area contributed by atoms with Gasteiger partial charge < -0.3 is 10.1 Å². The first-order valence-electron chi connectivity index (χ1n) is 5.54. The Hall–Kier alpha value is -0.860. The summed E-state index contributed by atoms with van der Waals surface area (Å²) in [7, 11) is 1.78. The molecule has 1 aliphatic rings. The normalized spacial score (nSPS) is 18.5. The quantitative estimate of drug-likeness (QED) is 0.810. The van der Waals surface area contributed by atoms with Gasteiger partial charge in [-0.15, -0.1) is 0 Å². The summed E-state index contributed by atoms with van der Waals surface area (Å²) in [6.07, 6.45) is 1.11. The highest BCUT2D eigenvalue weighted by molar-refractivity contribution is 5.36. The van der Waals surface area contributed by atoms with Crippen molar-refractivity contribution in [2.75, 3.05) is 26.8 Å². The van der Waals surface area contributed by atoms with Crippen molar-refractivity contribution in [3.63, 3.8) is 0 Å². The van der Waals surface area contributed by atoms with Crippen LogP contribution < -0.4 is 5.32 Å². The average Bonchev–Trinajstić information content (AvgIpc) is 2.19. The first kappa shape index (κ1) is 10.7. The van der Waals surface area contributed by atoms with E-state index in [0.717, 1.165) is 26.1 Å². The highest BCUT2D eigenvalue weighted by Crippen LogP contribution is 2.34. The molecule has 0 atom stereocenters. The third-order valence-electron chi connectivity index (χ3n) is 3.43. The number of hydrogen-bond donors (Lipinski definition) is 1. The maximum atomic E-state index is 5.21. The third kappa shape index (κ3) is 1.92. The summed E-state index contributed by atoms with van der Waals surface area (Å²) in [5.74, 6) is 0. The van der Waals surface area contributed by atoms with Crippen molar-refractivity contribution in [2.24, 2.45) is 0 Å². The van der Waals surface area contributed by atoms with Gasteiger partial charge in [-0.25, -0.2) is 0 Å². The molecule has 1 heterocycles. The third-order valence-corrected chi connectivity index (χ3v) is 3.43. The number of rotatable bonds is 4. The lowest BCUT2D eigenvalue weighted by molar-refractivity contribution is 0.142. The second-order valence-electron chi connectivity index (χ2n) is 4.44. The van der Waals surface area contributed by atoms with Gasteiger partial charge in [-0.05, 0) is 24.5 Å². The van der Waals surface area contributed by atoms with Crippen LogP contribution in [0.1, 0.15) is 17.5 Å². The predicted molar refractivity (Wildman–Crippen MR) is 62.2 cm³/mol. The fourth-order valence-corrected chi connectivity index (χ4v) is 2.39. The van der Waals surface area contributed by atoms with E-state index >= 15 is 0 Å². The minimum Gasteiger partial charge on any atom is -0.385 e. The van der Waals surface area contributed by atoms with Crippen molar-refractivity contribution in [1.29, 1.82) is 0 Å². The van der Waals surface area contributed by atoms with E-state index in [2.05, 4.69) is 36.5 Å². The summed E-state index contributed by atoms with van der Waals surface area (Å²) in [5.41, 5.74) is 3.21. The lowest BCUT2D eigenvalue weighted by atomic mass is 9.71. The molecule has 1 N–H and O–H groups in total. The zero-order valence-corrected chi connectivity index (χ0v) is 9.55.